The highest BCUT2D eigenvalue weighted by atomic mass is 32.1. The van der Waals surface area contributed by atoms with E-state index in [0.717, 1.165) is 11.3 Å². The van der Waals surface area contributed by atoms with Crippen molar-refractivity contribution >= 4 is 33.3 Å². The van der Waals surface area contributed by atoms with Gasteiger partial charge in [0, 0.05) is 17.7 Å². The minimum absolute atomic E-state index is 0.106. The first-order valence-corrected chi connectivity index (χ1v) is 7.83. The highest BCUT2D eigenvalue weighted by Gasteiger charge is 2.13. The molecule has 116 valence electrons. The van der Waals surface area contributed by atoms with E-state index in [4.69, 9.17) is 5.11 Å². The van der Waals surface area contributed by atoms with Gasteiger partial charge in [0.05, 0.1) is 16.6 Å². The third-order valence-corrected chi connectivity index (χ3v) is 4.46. The van der Waals surface area contributed by atoms with Gasteiger partial charge in [0.15, 0.2) is 5.78 Å². The highest BCUT2D eigenvalue weighted by molar-refractivity contribution is 7.16. The molecule has 5 nitrogen and oxygen atoms in total. The van der Waals surface area contributed by atoms with Crippen LogP contribution in [0, 0.1) is 0 Å². The predicted octanol–water partition coefficient (Wildman–Crippen LogP) is 2.77. The number of carbonyl (C=O) groups is 2. The van der Waals surface area contributed by atoms with Crippen molar-refractivity contribution in [1.29, 1.82) is 0 Å². The first kappa shape index (κ1) is 15.2. The van der Waals surface area contributed by atoms with E-state index in [2.05, 4.69) is 0 Å². The summed E-state index contributed by atoms with van der Waals surface area (Å²) < 4.78 is 2.12. The van der Waals surface area contributed by atoms with Crippen LogP contribution >= 0.6 is 11.3 Å². The number of carboxylic acids is 1. The van der Waals surface area contributed by atoms with E-state index in [0.29, 0.717) is 21.3 Å². The largest absolute Gasteiger partial charge is 0.481 e. The van der Waals surface area contributed by atoms with Gasteiger partial charge in [0.1, 0.15) is 0 Å². The quantitative estimate of drug-likeness (QED) is 0.731. The molecule has 0 saturated heterocycles. The fraction of sp³-hybridized carbons (Fsp3) is 0.118. The van der Waals surface area contributed by atoms with Crippen molar-refractivity contribution in [2.45, 2.75) is 13.0 Å². The Morgan fingerprint density at radius 2 is 1.78 bits per heavy atom. The van der Waals surface area contributed by atoms with E-state index in [1.54, 1.807) is 42.5 Å². The van der Waals surface area contributed by atoms with Gasteiger partial charge >= 0.3 is 10.8 Å². The first-order chi connectivity index (χ1) is 11.1. The molecule has 1 aromatic heterocycles. The van der Waals surface area contributed by atoms with E-state index in [-0.39, 0.29) is 23.6 Å². The summed E-state index contributed by atoms with van der Waals surface area (Å²) in [5, 5.41) is 8.76. The van der Waals surface area contributed by atoms with Crippen LogP contribution in [-0.4, -0.2) is 21.4 Å². The molecule has 0 unspecified atom stereocenters. The highest BCUT2D eigenvalue weighted by Crippen LogP contribution is 2.21. The first-order valence-electron chi connectivity index (χ1n) is 7.01. The number of carboxylic acid groups (broad SMARTS) is 1. The van der Waals surface area contributed by atoms with Crippen molar-refractivity contribution in [3.63, 3.8) is 0 Å². The zero-order chi connectivity index (χ0) is 16.4. The van der Waals surface area contributed by atoms with Gasteiger partial charge in [-0.3, -0.25) is 19.0 Å². The SMILES string of the molecule is O=C(O)CCn1c(=O)sc2cc(C(=O)c3ccccc3)ccc21. The van der Waals surface area contributed by atoms with Crippen LogP contribution < -0.4 is 4.87 Å². The summed E-state index contributed by atoms with van der Waals surface area (Å²) in [6.45, 7) is 0.125. The number of benzene rings is 2. The lowest BCUT2D eigenvalue weighted by atomic mass is 10.0. The molecular formula is C17H13NO4S. The number of aromatic nitrogens is 1. The van der Waals surface area contributed by atoms with Gasteiger partial charge < -0.3 is 5.11 Å². The maximum Gasteiger partial charge on any atom is 0.308 e. The van der Waals surface area contributed by atoms with Gasteiger partial charge in [0.25, 0.3) is 0 Å². The standard InChI is InChI=1S/C17H13NO4S/c19-15(20)8-9-18-13-7-6-12(10-14(13)23-17(18)22)16(21)11-4-2-1-3-5-11/h1-7,10H,8-9H2,(H,19,20). The lowest BCUT2D eigenvalue weighted by Gasteiger charge is -2.03. The molecule has 0 aliphatic rings. The number of hydrogen-bond acceptors (Lipinski definition) is 4. The molecule has 0 bridgehead atoms. The Hall–Kier alpha value is -2.73. The van der Waals surface area contributed by atoms with E-state index in [9.17, 15) is 14.4 Å². The molecule has 0 radical (unpaired) electrons. The molecule has 0 spiro atoms. The normalized spacial score (nSPS) is 10.8. The Morgan fingerprint density at radius 3 is 2.48 bits per heavy atom. The summed E-state index contributed by atoms with van der Waals surface area (Å²) >= 11 is 1.02. The minimum atomic E-state index is -0.952. The average Bonchev–Trinajstić information content (AvgIpc) is 2.87. The fourth-order valence-corrected chi connectivity index (χ4v) is 3.34. The van der Waals surface area contributed by atoms with E-state index >= 15 is 0 Å². The van der Waals surface area contributed by atoms with Crippen LogP contribution in [0.2, 0.25) is 0 Å². The number of rotatable bonds is 5. The summed E-state index contributed by atoms with van der Waals surface area (Å²) in [7, 11) is 0. The molecule has 3 rings (SSSR count). The molecule has 0 aliphatic carbocycles. The van der Waals surface area contributed by atoms with Crippen molar-refractivity contribution in [1.82, 2.24) is 4.57 Å². The lowest BCUT2D eigenvalue weighted by molar-refractivity contribution is -0.137. The summed E-state index contributed by atoms with van der Waals surface area (Å²) in [4.78, 5) is 34.9. The molecule has 1 heterocycles. The number of nitrogens with zero attached hydrogens (tertiary/aromatic N) is 1. The molecule has 6 heteroatoms. The second-order valence-corrected chi connectivity index (χ2v) is 6.03. The van der Waals surface area contributed by atoms with E-state index in [1.165, 1.54) is 4.57 Å². The fourth-order valence-electron chi connectivity index (χ4n) is 2.38. The van der Waals surface area contributed by atoms with Crippen LogP contribution in [0.1, 0.15) is 22.3 Å². The van der Waals surface area contributed by atoms with Gasteiger partial charge in [-0.05, 0) is 18.2 Å². The summed E-state index contributed by atoms with van der Waals surface area (Å²) in [5.74, 6) is -1.06. The number of carbonyl (C=O) groups excluding carboxylic acids is 1. The van der Waals surface area contributed by atoms with Crippen LogP contribution in [0.3, 0.4) is 0 Å². The monoisotopic (exact) mass is 327 g/mol. The van der Waals surface area contributed by atoms with Crippen LogP contribution in [0.15, 0.2) is 53.3 Å². The Labute approximate surface area is 135 Å². The molecule has 0 atom stereocenters. The van der Waals surface area contributed by atoms with E-state index < -0.39 is 5.97 Å². The summed E-state index contributed by atoms with van der Waals surface area (Å²) in [6.07, 6.45) is -0.115. The zero-order valence-electron chi connectivity index (χ0n) is 12.1. The van der Waals surface area contributed by atoms with Crippen molar-refractivity contribution in [2.24, 2.45) is 0 Å². The molecule has 0 aliphatic heterocycles. The molecular weight excluding hydrogens is 314 g/mol. The number of fused-ring (bicyclic) bond motifs is 1. The summed E-state index contributed by atoms with van der Waals surface area (Å²) in [6, 6.07) is 14.0. The Balaban J connectivity index is 1.99. The van der Waals surface area contributed by atoms with Crippen molar-refractivity contribution in [3.8, 4) is 0 Å². The molecule has 1 N–H and O–H groups in total. The smallest absolute Gasteiger partial charge is 0.308 e. The Morgan fingerprint density at radius 1 is 1.04 bits per heavy atom. The van der Waals surface area contributed by atoms with Crippen molar-refractivity contribution in [3.05, 3.63) is 69.3 Å². The molecule has 0 amide bonds. The van der Waals surface area contributed by atoms with Gasteiger partial charge in [0.2, 0.25) is 0 Å². The second-order valence-electron chi connectivity index (χ2n) is 5.04. The molecule has 0 fully saturated rings. The van der Waals surface area contributed by atoms with Crippen LogP contribution in [0.5, 0.6) is 0 Å². The van der Waals surface area contributed by atoms with Crippen LogP contribution in [-0.2, 0) is 11.3 Å². The maximum atomic E-state index is 12.4. The minimum Gasteiger partial charge on any atom is -0.481 e. The lowest BCUT2D eigenvalue weighted by Crippen LogP contribution is -2.15. The maximum absolute atomic E-state index is 12.4. The van der Waals surface area contributed by atoms with Gasteiger partial charge in [-0.2, -0.15) is 0 Å². The number of hydrogen-bond donors (Lipinski definition) is 1. The van der Waals surface area contributed by atoms with Gasteiger partial charge in [-0.1, -0.05) is 41.7 Å². The predicted molar refractivity (Wildman–Crippen MR) is 88.2 cm³/mol. The molecule has 0 saturated carbocycles. The number of thiazole rings is 1. The van der Waals surface area contributed by atoms with E-state index in [1.807, 2.05) is 6.07 Å². The Bertz CT molecular complexity index is 940. The van der Waals surface area contributed by atoms with Crippen molar-refractivity contribution in [2.75, 3.05) is 0 Å². The van der Waals surface area contributed by atoms with Crippen LogP contribution in [0.4, 0.5) is 0 Å². The zero-order valence-corrected chi connectivity index (χ0v) is 12.9. The topological polar surface area (TPSA) is 76.4 Å². The molecule has 3 aromatic rings. The Kier molecular flexibility index (Phi) is 4.08. The van der Waals surface area contributed by atoms with Crippen molar-refractivity contribution < 1.29 is 14.7 Å². The van der Waals surface area contributed by atoms with Crippen LogP contribution in [0.25, 0.3) is 10.2 Å². The average molecular weight is 327 g/mol. The second kappa shape index (κ2) is 6.18. The number of aryl methyl sites for hydroxylation is 1. The number of ketones is 1. The number of aliphatic carboxylic acids is 1. The third kappa shape index (κ3) is 3.07. The molecule has 2 aromatic carbocycles. The van der Waals surface area contributed by atoms with Gasteiger partial charge in [-0.25, -0.2) is 0 Å². The summed E-state index contributed by atoms with van der Waals surface area (Å²) in [5.41, 5.74) is 1.76. The van der Waals surface area contributed by atoms with Gasteiger partial charge in [-0.15, -0.1) is 0 Å². The third-order valence-electron chi connectivity index (χ3n) is 3.52. The molecule has 23 heavy (non-hydrogen) atoms.